The number of carbonyl (C=O) groups is 1. The molecule has 4 heteroatoms. The highest BCUT2D eigenvalue weighted by molar-refractivity contribution is 5.73. The van der Waals surface area contributed by atoms with Gasteiger partial charge >= 0.3 is 6.03 Å². The number of rotatable bonds is 4. The number of amides is 2. The quantitative estimate of drug-likeness (QED) is 0.681. The summed E-state index contributed by atoms with van der Waals surface area (Å²) in [5.74, 6) is 0. The van der Waals surface area contributed by atoms with E-state index in [2.05, 4.69) is 5.32 Å². The van der Waals surface area contributed by atoms with E-state index in [4.69, 9.17) is 4.74 Å². The third kappa shape index (κ3) is 4.96. The molecule has 1 unspecified atom stereocenters. The maximum Gasteiger partial charge on any atom is 0.317 e. The molecule has 0 radical (unpaired) electrons. The average molecular weight is 174 g/mol. The van der Waals surface area contributed by atoms with Gasteiger partial charge in [-0.25, -0.2) is 4.79 Å². The first-order chi connectivity index (χ1) is 5.57. The highest BCUT2D eigenvalue weighted by atomic mass is 16.5. The van der Waals surface area contributed by atoms with Gasteiger partial charge in [0.25, 0.3) is 0 Å². The second-order valence-electron chi connectivity index (χ2n) is 3.03. The van der Waals surface area contributed by atoms with Crippen LogP contribution in [-0.4, -0.2) is 44.8 Å². The predicted molar refractivity (Wildman–Crippen MR) is 48.2 cm³/mol. The number of ether oxygens (including phenoxy) is 1. The van der Waals surface area contributed by atoms with Crippen molar-refractivity contribution >= 4 is 6.03 Å². The molecule has 1 atom stereocenters. The first kappa shape index (κ1) is 11.2. The molecule has 0 rings (SSSR count). The Morgan fingerprint density at radius 1 is 1.58 bits per heavy atom. The van der Waals surface area contributed by atoms with Gasteiger partial charge in [0.15, 0.2) is 0 Å². The van der Waals surface area contributed by atoms with Crippen molar-refractivity contribution in [3.05, 3.63) is 0 Å². The number of nitrogens with one attached hydrogen (secondary N) is 1. The minimum absolute atomic E-state index is 0.0568. The maximum atomic E-state index is 11.1. The molecule has 0 aliphatic rings. The fourth-order valence-electron chi connectivity index (χ4n) is 0.707. The molecular formula is C8H18N2O2. The fourth-order valence-corrected chi connectivity index (χ4v) is 0.707. The van der Waals surface area contributed by atoms with Crippen LogP contribution in [0.5, 0.6) is 0 Å². The lowest BCUT2D eigenvalue weighted by Gasteiger charge is -2.17. The van der Waals surface area contributed by atoms with Crippen LogP contribution in [-0.2, 0) is 4.74 Å². The Hall–Kier alpha value is -0.770. The molecule has 0 spiro atoms. The number of carbonyl (C=O) groups excluding carboxylic acids is 1. The number of hydrogen-bond donors (Lipinski definition) is 1. The van der Waals surface area contributed by atoms with Crippen molar-refractivity contribution in [3.8, 4) is 0 Å². The van der Waals surface area contributed by atoms with Gasteiger partial charge in [-0.3, -0.25) is 0 Å². The zero-order valence-corrected chi connectivity index (χ0v) is 8.26. The van der Waals surface area contributed by atoms with E-state index in [0.29, 0.717) is 6.61 Å². The monoisotopic (exact) mass is 174 g/mol. The summed E-state index contributed by atoms with van der Waals surface area (Å²) in [6.45, 7) is 2.63. The molecule has 0 aromatic rings. The van der Waals surface area contributed by atoms with Gasteiger partial charge in [-0.2, -0.15) is 0 Å². The Kier molecular flexibility index (Phi) is 5.45. The summed E-state index contributed by atoms with van der Waals surface area (Å²) in [5, 5.41) is 2.82. The normalized spacial score (nSPS) is 12.3. The summed E-state index contributed by atoms with van der Waals surface area (Å²) in [6.07, 6.45) is 0.843. The van der Waals surface area contributed by atoms with E-state index >= 15 is 0 Å². The van der Waals surface area contributed by atoms with Gasteiger partial charge in [0.2, 0.25) is 0 Å². The van der Waals surface area contributed by atoms with E-state index in [1.807, 2.05) is 6.92 Å². The average Bonchev–Trinajstić information content (AvgIpc) is 2.00. The molecule has 0 fully saturated rings. The van der Waals surface area contributed by atoms with Crippen molar-refractivity contribution in [1.82, 2.24) is 10.2 Å². The van der Waals surface area contributed by atoms with Crippen molar-refractivity contribution in [2.45, 2.75) is 19.4 Å². The van der Waals surface area contributed by atoms with Gasteiger partial charge in [-0.15, -0.1) is 0 Å². The van der Waals surface area contributed by atoms with Gasteiger partial charge in [0, 0.05) is 33.9 Å². The molecule has 0 aliphatic carbocycles. The Bertz CT molecular complexity index is 137. The van der Waals surface area contributed by atoms with E-state index in [0.717, 1.165) is 6.42 Å². The lowest BCUT2D eigenvalue weighted by molar-refractivity contribution is 0.180. The Morgan fingerprint density at radius 3 is 2.58 bits per heavy atom. The SMILES string of the molecule is COCCC(C)NC(=O)N(C)C. The standard InChI is InChI=1S/C8H18N2O2/c1-7(5-6-12-4)9-8(11)10(2)3/h7H,5-6H2,1-4H3,(H,9,11). The van der Waals surface area contributed by atoms with Crippen molar-refractivity contribution < 1.29 is 9.53 Å². The van der Waals surface area contributed by atoms with Gasteiger partial charge in [-0.05, 0) is 13.3 Å². The molecule has 4 nitrogen and oxygen atoms in total. The highest BCUT2D eigenvalue weighted by Gasteiger charge is 2.07. The predicted octanol–water partition coefficient (Wildman–Crippen LogP) is 0.683. The largest absolute Gasteiger partial charge is 0.385 e. The second kappa shape index (κ2) is 5.83. The van der Waals surface area contributed by atoms with Crippen LogP contribution in [0.25, 0.3) is 0 Å². The van der Waals surface area contributed by atoms with Gasteiger partial charge in [0.05, 0.1) is 0 Å². The molecule has 72 valence electrons. The molecule has 1 N–H and O–H groups in total. The van der Waals surface area contributed by atoms with E-state index < -0.39 is 0 Å². The van der Waals surface area contributed by atoms with Crippen LogP contribution >= 0.6 is 0 Å². The van der Waals surface area contributed by atoms with Crippen LogP contribution in [0.2, 0.25) is 0 Å². The van der Waals surface area contributed by atoms with Crippen molar-refractivity contribution in [2.75, 3.05) is 27.8 Å². The van der Waals surface area contributed by atoms with Crippen molar-refractivity contribution in [2.24, 2.45) is 0 Å². The molecule has 0 saturated heterocycles. The van der Waals surface area contributed by atoms with E-state index in [-0.39, 0.29) is 12.1 Å². The molecule has 0 aromatic carbocycles. The first-order valence-electron chi connectivity index (χ1n) is 4.04. The first-order valence-corrected chi connectivity index (χ1v) is 4.04. The lowest BCUT2D eigenvalue weighted by atomic mass is 10.2. The number of nitrogens with zero attached hydrogens (tertiary/aromatic N) is 1. The molecular weight excluding hydrogens is 156 g/mol. The highest BCUT2D eigenvalue weighted by Crippen LogP contribution is 1.91. The lowest BCUT2D eigenvalue weighted by Crippen LogP contribution is -2.40. The van der Waals surface area contributed by atoms with E-state index in [9.17, 15) is 4.79 Å². The van der Waals surface area contributed by atoms with Crippen LogP contribution in [0.15, 0.2) is 0 Å². The number of methoxy groups -OCH3 is 1. The third-order valence-electron chi connectivity index (χ3n) is 1.53. The third-order valence-corrected chi connectivity index (χ3v) is 1.53. The molecule has 2 amide bonds. The van der Waals surface area contributed by atoms with Gasteiger partial charge in [-0.1, -0.05) is 0 Å². The van der Waals surface area contributed by atoms with Crippen LogP contribution in [0.3, 0.4) is 0 Å². The summed E-state index contributed by atoms with van der Waals surface area (Å²) in [5.41, 5.74) is 0. The van der Waals surface area contributed by atoms with Crippen LogP contribution in [0.4, 0.5) is 4.79 Å². The van der Waals surface area contributed by atoms with Crippen LogP contribution in [0.1, 0.15) is 13.3 Å². The summed E-state index contributed by atoms with van der Waals surface area (Å²) in [6, 6.07) is 0.110. The van der Waals surface area contributed by atoms with Crippen molar-refractivity contribution in [3.63, 3.8) is 0 Å². The minimum Gasteiger partial charge on any atom is -0.385 e. The topological polar surface area (TPSA) is 41.6 Å². The summed E-state index contributed by atoms with van der Waals surface area (Å²) in [7, 11) is 5.09. The maximum absolute atomic E-state index is 11.1. The second-order valence-corrected chi connectivity index (χ2v) is 3.03. The fraction of sp³-hybridized carbons (Fsp3) is 0.875. The molecule has 0 saturated carbocycles. The Morgan fingerprint density at radius 2 is 2.17 bits per heavy atom. The number of hydrogen-bond acceptors (Lipinski definition) is 2. The zero-order valence-electron chi connectivity index (χ0n) is 8.26. The summed E-state index contributed by atoms with van der Waals surface area (Å²) < 4.78 is 4.89. The van der Waals surface area contributed by atoms with Gasteiger partial charge in [0.1, 0.15) is 0 Å². The van der Waals surface area contributed by atoms with Crippen LogP contribution in [0, 0.1) is 0 Å². The zero-order chi connectivity index (χ0) is 9.56. The molecule has 0 aliphatic heterocycles. The smallest absolute Gasteiger partial charge is 0.317 e. The molecule has 12 heavy (non-hydrogen) atoms. The number of urea groups is 1. The van der Waals surface area contributed by atoms with Crippen LogP contribution < -0.4 is 5.32 Å². The molecule has 0 heterocycles. The summed E-state index contributed by atoms with van der Waals surface area (Å²) >= 11 is 0. The molecule has 0 bridgehead atoms. The minimum atomic E-state index is -0.0568. The van der Waals surface area contributed by atoms with E-state index in [1.165, 1.54) is 4.90 Å². The van der Waals surface area contributed by atoms with Crippen molar-refractivity contribution in [1.29, 1.82) is 0 Å². The van der Waals surface area contributed by atoms with E-state index in [1.54, 1.807) is 21.2 Å². The summed E-state index contributed by atoms with van der Waals surface area (Å²) in [4.78, 5) is 12.6. The Balaban J connectivity index is 3.54. The Labute approximate surface area is 73.9 Å². The molecule has 0 aromatic heterocycles. The van der Waals surface area contributed by atoms with Gasteiger partial charge < -0.3 is 15.0 Å².